The molecule has 0 atom stereocenters. The van der Waals surface area contributed by atoms with Gasteiger partial charge in [0.2, 0.25) is 0 Å². The van der Waals surface area contributed by atoms with E-state index in [4.69, 9.17) is 4.74 Å². The number of H-pyrrole nitrogens is 1. The highest BCUT2D eigenvalue weighted by atomic mass is 16.6. The Hall–Kier alpha value is -1.59. The van der Waals surface area contributed by atoms with E-state index in [0.29, 0.717) is 0 Å². The second-order valence-electron chi connectivity index (χ2n) is 4.83. The number of aromatic nitrogens is 3. The zero-order valence-electron chi connectivity index (χ0n) is 10.6. The fourth-order valence-corrected chi connectivity index (χ4v) is 1.39. The van der Waals surface area contributed by atoms with Crippen molar-refractivity contribution in [3.63, 3.8) is 0 Å². The van der Waals surface area contributed by atoms with Gasteiger partial charge in [-0.1, -0.05) is 0 Å². The van der Waals surface area contributed by atoms with Crippen LogP contribution < -0.4 is 0 Å². The van der Waals surface area contributed by atoms with Gasteiger partial charge in [0.1, 0.15) is 18.3 Å². The molecule has 1 saturated heterocycles. The number of carbonyl (C=O) groups excluding carboxylic acids is 1. The molecule has 0 unspecified atom stereocenters. The second kappa shape index (κ2) is 6.22. The van der Waals surface area contributed by atoms with Gasteiger partial charge in [-0.15, -0.1) is 0 Å². The number of ether oxygens (including phenoxy) is 1. The van der Waals surface area contributed by atoms with E-state index in [1.165, 1.54) is 12.7 Å². The van der Waals surface area contributed by atoms with Crippen LogP contribution in [-0.2, 0) is 4.74 Å². The maximum atomic E-state index is 11.4. The number of hydrogen-bond acceptors (Lipinski definition) is 4. The van der Waals surface area contributed by atoms with Crippen molar-refractivity contribution in [3.8, 4) is 0 Å². The highest BCUT2D eigenvalue weighted by Crippen LogP contribution is 2.14. The molecule has 0 bridgehead atoms. The van der Waals surface area contributed by atoms with E-state index in [-0.39, 0.29) is 11.7 Å². The van der Waals surface area contributed by atoms with Crippen molar-refractivity contribution in [2.24, 2.45) is 0 Å². The van der Waals surface area contributed by atoms with Crippen LogP contribution in [0, 0.1) is 0 Å². The van der Waals surface area contributed by atoms with E-state index in [0.717, 1.165) is 25.9 Å². The fraction of sp³-hybridized carbons (Fsp3) is 0.727. The Labute approximate surface area is 101 Å². The molecule has 1 N–H and O–H groups in total. The lowest BCUT2D eigenvalue weighted by Crippen LogP contribution is -2.34. The van der Waals surface area contributed by atoms with E-state index < -0.39 is 0 Å². The summed E-state index contributed by atoms with van der Waals surface area (Å²) in [5.41, 5.74) is -0.361. The standard InChI is InChI=1S/C9H17NO2.C2H3N3/c1-9(2,3)12-8(11)10-6-4-5-7-10;1-3-2-5-4-1/h4-7H2,1-3H3;1-2H,(H,3,4,5). The SMILES string of the molecule is CC(C)(C)OC(=O)N1CCCC1.c1nc[nH]n1. The summed E-state index contributed by atoms with van der Waals surface area (Å²) >= 11 is 0. The topological polar surface area (TPSA) is 71.1 Å². The molecular weight excluding hydrogens is 220 g/mol. The highest BCUT2D eigenvalue weighted by Gasteiger charge is 2.23. The largest absolute Gasteiger partial charge is 0.444 e. The van der Waals surface area contributed by atoms with E-state index in [1.54, 1.807) is 4.90 Å². The number of rotatable bonds is 0. The number of aromatic amines is 1. The third-order valence-electron chi connectivity index (χ3n) is 2.09. The summed E-state index contributed by atoms with van der Waals surface area (Å²) < 4.78 is 5.21. The van der Waals surface area contributed by atoms with Gasteiger partial charge in [0, 0.05) is 13.1 Å². The lowest BCUT2D eigenvalue weighted by atomic mass is 10.2. The molecule has 0 spiro atoms. The van der Waals surface area contributed by atoms with Crippen molar-refractivity contribution in [2.75, 3.05) is 13.1 Å². The number of carbonyl (C=O) groups is 1. The average molecular weight is 240 g/mol. The van der Waals surface area contributed by atoms with Crippen LogP contribution in [0.3, 0.4) is 0 Å². The zero-order chi connectivity index (χ0) is 12.7. The number of likely N-dealkylation sites (tertiary alicyclic amines) is 1. The molecule has 1 fully saturated rings. The summed E-state index contributed by atoms with van der Waals surface area (Å²) in [6.45, 7) is 7.38. The lowest BCUT2D eigenvalue weighted by Gasteiger charge is -2.23. The summed E-state index contributed by atoms with van der Waals surface area (Å²) in [7, 11) is 0. The maximum Gasteiger partial charge on any atom is 0.410 e. The van der Waals surface area contributed by atoms with Gasteiger partial charge in [0.05, 0.1) is 0 Å². The Balaban J connectivity index is 0.000000239. The Morgan fingerprint density at radius 2 is 2.00 bits per heavy atom. The number of nitrogens with zero attached hydrogens (tertiary/aromatic N) is 3. The van der Waals surface area contributed by atoms with Crippen LogP contribution in [0.5, 0.6) is 0 Å². The third-order valence-corrected chi connectivity index (χ3v) is 2.09. The first-order valence-corrected chi connectivity index (χ1v) is 5.76. The van der Waals surface area contributed by atoms with Crippen molar-refractivity contribution in [2.45, 2.75) is 39.2 Å². The Morgan fingerprint density at radius 3 is 2.35 bits per heavy atom. The van der Waals surface area contributed by atoms with Gasteiger partial charge >= 0.3 is 6.09 Å². The fourth-order valence-electron chi connectivity index (χ4n) is 1.39. The summed E-state index contributed by atoms with van der Waals surface area (Å²) in [6.07, 6.45) is 5.01. The van der Waals surface area contributed by atoms with E-state index >= 15 is 0 Å². The molecular formula is C11H20N4O2. The second-order valence-corrected chi connectivity index (χ2v) is 4.83. The summed E-state index contributed by atoms with van der Waals surface area (Å²) in [6, 6.07) is 0. The minimum Gasteiger partial charge on any atom is -0.444 e. The van der Waals surface area contributed by atoms with E-state index in [1.807, 2.05) is 20.8 Å². The average Bonchev–Trinajstić information content (AvgIpc) is 2.93. The van der Waals surface area contributed by atoms with Gasteiger partial charge in [-0.2, -0.15) is 5.10 Å². The predicted molar refractivity (Wildman–Crippen MR) is 63.4 cm³/mol. The van der Waals surface area contributed by atoms with Crippen LogP contribution in [0.25, 0.3) is 0 Å². The van der Waals surface area contributed by atoms with Gasteiger partial charge in [0.15, 0.2) is 0 Å². The van der Waals surface area contributed by atoms with Gasteiger partial charge in [0.25, 0.3) is 0 Å². The van der Waals surface area contributed by atoms with Crippen LogP contribution in [0.15, 0.2) is 12.7 Å². The first-order valence-electron chi connectivity index (χ1n) is 5.76. The van der Waals surface area contributed by atoms with Crippen molar-refractivity contribution >= 4 is 6.09 Å². The molecule has 1 aliphatic heterocycles. The molecule has 96 valence electrons. The van der Waals surface area contributed by atoms with Gasteiger partial charge in [-0.05, 0) is 33.6 Å². The van der Waals surface area contributed by atoms with Crippen LogP contribution >= 0.6 is 0 Å². The molecule has 17 heavy (non-hydrogen) atoms. The molecule has 0 aromatic carbocycles. The molecule has 6 heteroatoms. The molecule has 1 amide bonds. The summed E-state index contributed by atoms with van der Waals surface area (Å²) in [5.74, 6) is 0. The van der Waals surface area contributed by atoms with Crippen LogP contribution in [-0.4, -0.2) is 44.9 Å². The molecule has 1 aliphatic rings. The smallest absolute Gasteiger partial charge is 0.410 e. The first kappa shape index (κ1) is 13.5. The summed E-state index contributed by atoms with van der Waals surface area (Å²) in [5, 5.41) is 5.99. The molecule has 0 radical (unpaired) electrons. The van der Waals surface area contributed by atoms with Crippen LogP contribution in [0.1, 0.15) is 33.6 Å². The third kappa shape index (κ3) is 5.89. The highest BCUT2D eigenvalue weighted by molar-refractivity contribution is 5.68. The van der Waals surface area contributed by atoms with Gasteiger partial charge in [-0.3, -0.25) is 5.10 Å². The lowest BCUT2D eigenvalue weighted by molar-refractivity contribution is 0.0295. The predicted octanol–water partition coefficient (Wildman–Crippen LogP) is 1.82. The number of hydrogen-bond donors (Lipinski definition) is 1. The molecule has 2 rings (SSSR count). The van der Waals surface area contributed by atoms with Crippen molar-refractivity contribution in [1.29, 1.82) is 0 Å². The number of nitrogens with one attached hydrogen (secondary N) is 1. The normalized spacial score (nSPS) is 15.1. The Morgan fingerprint density at radius 1 is 1.35 bits per heavy atom. The van der Waals surface area contributed by atoms with Gasteiger partial charge in [-0.25, -0.2) is 9.78 Å². The minimum absolute atomic E-state index is 0.167. The van der Waals surface area contributed by atoms with Crippen LogP contribution in [0.4, 0.5) is 4.79 Å². The maximum absolute atomic E-state index is 11.4. The molecule has 1 aromatic heterocycles. The van der Waals surface area contributed by atoms with Crippen molar-refractivity contribution < 1.29 is 9.53 Å². The van der Waals surface area contributed by atoms with Crippen LogP contribution in [0.2, 0.25) is 0 Å². The monoisotopic (exact) mass is 240 g/mol. The molecule has 6 nitrogen and oxygen atoms in total. The first-order chi connectivity index (χ1) is 7.99. The minimum atomic E-state index is -0.361. The molecule has 0 aliphatic carbocycles. The van der Waals surface area contributed by atoms with E-state index in [9.17, 15) is 4.79 Å². The summed E-state index contributed by atoms with van der Waals surface area (Å²) in [4.78, 5) is 16.7. The van der Waals surface area contributed by atoms with E-state index in [2.05, 4.69) is 15.2 Å². The molecule has 0 saturated carbocycles. The Bertz CT molecular complexity index is 295. The van der Waals surface area contributed by atoms with Crippen molar-refractivity contribution in [1.82, 2.24) is 20.1 Å². The number of amides is 1. The Kier molecular flexibility index (Phi) is 4.93. The zero-order valence-corrected chi connectivity index (χ0v) is 10.6. The molecule has 1 aromatic rings. The quantitative estimate of drug-likeness (QED) is 0.751. The van der Waals surface area contributed by atoms with Crippen molar-refractivity contribution in [3.05, 3.63) is 12.7 Å². The van der Waals surface area contributed by atoms with Gasteiger partial charge < -0.3 is 9.64 Å². The molecule has 2 heterocycles.